The Morgan fingerprint density at radius 2 is 1.29 bits per heavy atom. The number of fused-ring (bicyclic) bond motifs is 8. The summed E-state index contributed by atoms with van der Waals surface area (Å²) in [6, 6.07) is 51.9. The Hall–Kier alpha value is -5.97. The molecule has 0 unspecified atom stereocenters. The molecule has 0 atom stereocenters. The molecule has 0 aliphatic heterocycles. The summed E-state index contributed by atoms with van der Waals surface area (Å²) in [6.45, 7) is 0. The second-order valence-corrected chi connectivity index (χ2v) is 13.8. The molecule has 232 valence electrons. The molecule has 0 saturated carbocycles. The van der Waals surface area contributed by atoms with Crippen LogP contribution in [-0.2, 0) is 6.42 Å². The summed E-state index contributed by atoms with van der Waals surface area (Å²) in [6.07, 6.45) is 6.89. The number of aromatic nitrogens is 1. The summed E-state index contributed by atoms with van der Waals surface area (Å²) < 4.78 is 7.58. The van der Waals surface area contributed by atoms with Gasteiger partial charge in [0.2, 0.25) is 5.89 Å². The largest absolute Gasteiger partial charge is 0.436 e. The first kappa shape index (κ1) is 28.1. The van der Waals surface area contributed by atoms with Crippen molar-refractivity contribution in [3.63, 3.8) is 0 Å². The maximum Gasteiger partial charge on any atom is 0.227 e. The summed E-state index contributed by atoms with van der Waals surface area (Å²) in [5.74, 6) is 0.641. The maximum absolute atomic E-state index is 6.21. The molecule has 49 heavy (non-hydrogen) atoms. The molecular formula is C45H30N2OS. The SMILES string of the molecule is C1=Cc2c(sc3cc(-c4ccc(N(c5ccccc5)c5cccc6c5ccc5c6ccc6oc(-c7ccccc7)nc65)cc4)ccc23)CC1. The summed E-state index contributed by atoms with van der Waals surface area (Å²) in [4.78, 5) is 8.83. The molecular weight excluding hydrogens is 617 g/mol. The Morgan fingerprint density at radius 1 is 0.571 bits per heavy atom. The van der Waals surface area contributed by atoms with Crippen molar-refractivity contribution in [3.8, 4) is 22.6 Å². The van der Waals surface area contributed by atoms with Gasteiger partial charge in [-0.1, -0.05) is 97.1 Å². The third-order valence-corrected chi connectivity index (χ3v) is 11.0. The molecule has 9 aromatic rings. The molecule has 7 aromatic carbocycles. The molecule has 1 aliphatic rings. The van der Waals surface area contributed by atoms with Gasteiger partial charge in [0.25, 0.3) is 0 Å². The van der Waals surface area contributed by atoms with Gasteiger partial charge in [0, 0.05) is 37.3 Å². The van der Waals surface area contributed by atoms with Crippen molar-refractivity contribution >= 4 is 77.2 Å². The predicted octanol–water partition coefficient (Wildman–Crippen LogP) is 13.1. The fraction of sp³-hybridized carbons (Fsp3) is 0.0444. The van der Waals surface area contributed by atoms with Gasteiger partial charge in [-0.15, -0.1) is 11.3 Å². The fourth-order valence-electron chi connectivity index (χ4n) is 7.38. The fourth-order valence-corrected chi connectivity index (χ4v) is 8.63. The monoisotopic (exact) mass is 646 g/mol. The average molecular weight is 647 g/mol. The van der Waals surface area contributed by atoms with E-state index in [1.54, 1.807) is 0 Å². The number of thiophene rings is 1. The number of nitrogens with zero attached hydrogens (tertiary/aromatic N) is 2. The Balaban J connectivity index is 1.08. The highest BCUT2D eigenvalue weighted by Crippen LogP contribution is 2.43. The van der Waals surface area contributed by atoms with Crippen molar-refractivity contribution in [3.05, 3.63) is 162 Å². The first-order chi connectivity index (χ1) is 24.3. The van der Waals surface area contributed by atoms with E-state index in [-0.39, 0.29) is 0 Å². The third kappa shape index (κ3) is 4.67. The van der Waals surface area contributed by atoms with Crippen molar-refractivity contribution in [2.45, 2.75) is 12.8 Å². The molecule has 1 aliphatic carbocycles. The van der Waals surface area contributed by atoms with E-state index in [2.05, 4.69) is 132 Å². The van der Waals surface area contributed by atoms with Crippen LogP contribution in [0.25, 0.3) is 71.4 Å². The number of allylic oxidation sites excluding steroid dienone is 1. The molecule has 3 nitrogen and oxygen atoms in total. The summed E-state index contributed by atoms with van der Waals surface area (Å²) >= 11 is 1.94. The lowest BCUT2D eigenvalue weighted by Gasteiger charge is -2.27. The molecule has 0 radical (unpaired) electrons. The third-order valence-electron chi connectivity index (χ3n) is 9.75. The van der Waals surface area contributed by atoms with E-state index in [9.17, 15) is 0 Å². The van der Waals surface area contributed by atoms with Crippen molar-refractivity contribution < 1.29 is 4.42 Å². The number of hydrogen-bond donors (Lipinski definition) is 0. The molecule has 0 N–H and O–H groups in total. The Labute approximate surface area is 288 Å². The zero-order valence-corrected chi connectivity index (χ0v) is 27.5. The summed E-state index contributed by atoms with van der Waals surface area (Å²) in [5.41, 5.74) is 9.89. The number of benzene rings is 7. The van der Waals surface area contributed by atoms with Gasteiger partial charge in [-0.3, -0.25) is 0 Å². The standard InChI is InChI=1S/C45H30N2OS/c1-3-10-30(11-4-1)45-46-44-39-25-24-36-34(35(39)26-27-41(44)48-45)15-9-16-40(36)47(32-12-5-2-6-13-32)33-21-18-29(19-22-33)31-20-23-38-37-14-7-8-17-42(37)49-43(38)28-31/h1-7,9-16,18-28H,8,17H2. The molecule has 4 heteroatoms. The van der Waals surface area contributed by atoms with Gasteiger partial charge in [0.1, 0.15) is 5.52 Å². The number of aryl methyl sites for hydroxylation is 1. The molecule has 0 fully saturated rings. The van der Waals surface area contributed by atoms with Gasteiger partial charge in [-0.05, 0) is 106 Å². The maximum atomic E-state index is 6.21. The van der Waals surface area contributed by atoms with Gasteiger partial charge >= 0.3 is 0 Å². The lowest BCUT2D eigenvalue weighted by atomic mass is 9.98. The van der Waals surface area contributed by atoms with Crippen molar-refractivity contribution in [1.29, 1.82) is 0 Å². The van der Waals surface area contributed by atoms with E-state index in [1.807, 2.05) is 41.7 Å². The Bertz CT molecular complexity index is 2700. The van der Waals surface area contributed by atoms with E-state index in [0.29, 0.717) is 5.89 Å². The minimum Gasteiger partial charge on any atom is -0.436 e. The van der Waals surface area contributed by atoms with Crippen LogP contribution in [0.5, 0.6) is 0 Å². The van der Waals surface area contributed by atoms with Gasteiger partial charge in [-0.2, -0.15) is 0 Å². The van der Waals surface area contributed by atoms with Crippen LogP contribution < -0.4 is 4.90 Å². The lowest BCUT2D eigenvalue weighted by Crippen LogP contribution is -2.10. The Morgan fingerprint density at radius 3 is 2.14 bits per heavy atom. The molecule has 10 rings (SSSR count). The summed E-state index contributed by atoms with van der Waals surface area (Å²) in [5, 5.41) is 5.97. The molecule has 0 amide bonds. The Kier molecular flexibility index (Phi) is 6.49. The smallest absolute Gasteiger partial charge is 0.227 e. The minimum atomic E-state index is 0.641. The van der Waals surface area contributed by atoms with Crippen molar-refractivity contribution in [2.24, 2.45) is 0 Å². The van der Waals surface area contributed by atoms with E-state index < -0.39 is 0 Å². The van der Waals surface area contributed by atoms with Crippen LogP contribution in [0.3, 0.4) is 0 Å². The van der Waals surface area contributed by atoms with Gasteiger partial charge < -0.3 is 9.32 Å². The normalized spacial score (nSPS) is 12.7. The van der Waals surface area contributed by atoms with E-state index in [0.717, 1.165) is 57.3 Å². The van der Waals surface area contributed by atoms with Gasteiger partial charge in [-0.25, -0.2) is 4.98 Å². The summed E-state index contributed by atoms with van der Waals surface area (Å²) in [7, 11) is 0. The van der Waals surface area contributed by atoms with Crippen LogP contribution in [0.2, 0.25) is 0 Å². The zero-order valence-electron chi connectivity index (χ0n) is 26.6. The second kappa shape index (κ2) is 11.3. The quantitative estimate of drug-likeness (QED) is 0.174. The average Bonchev–Trinajstić information content (AvgIpc) is 3.78. The van der Waals surface area contributed by atoms with Crippen LogP contribution in [0.15, 0.2) is 156 Å². The molecule has 2 aromatic heterocycles. The zero-order chi connectivity index (χ0) is 32.3. The van der Waals surface area contributed by atoms with E-state index in [1.165, 1.54) is 42.4 Å². The number of oxazole rings is 1. The molecule has 2 heterocycles. The molecule has 0 bridgehead atoms. The van der Waals surface area contributed by atoms with Crippen LogP contribution >= 0.6 is 11.3 Å². The number of rotatable bonds is 5. The second-order valence-electron chi connectivity index (χ2n) is 12.6. The topological polar surface area (TPSA) is 29.3 Å². The van der Waals surface area contributed by atoms with Crippen LogP contribution in [0.4, 0.5) is 17.1 Å². The minimum absolute atomic E-state index is 0.641. The molecule has 0 spiro atoms. The number of hydrogen-bond acceptors (Lipinski definition) is 4. The first-order valence-corrected chi connectivity index (χ1v) is 17.6. The van der Waals surface area contributed by atoms with Crippen LogP contribution in [0.1, 0.15) is 16.9 Å². The molecule has 0 saturated heterocycles. The van der Waals surface area contributed by atoms with Gasteiger partial charge in [0.05, 0.1) is 5.69 Å². The first-order valence-electron chi connectivity index (χ1n) is 16.8. The highest BCUT2D eigenvalue weighted by molar-refractivity contribution is 7.19. The predicted molar refractivity (Wildman–Crippen MR) is 207 cm³/mol. The highest BCUT2D eigenvalue weighted by atomic mass is 32.1. The lowest BCUT2D eigenvalue weighted by molar-refractivity contribution is 0.620. The van der Waals surface area contributed by atoms with E-state index in [4.69, 9.17) is 9.40 Å². The highest BCUT2D eigenvalue weighted by Gasteiger charge is 2.19. The van der Waals surface area contributed by atoms with Crippen molar-refractivity contribution in [2.75, 3.05) is 4.90 Å². The van der Waals surface area contributed by atoms with E-state index >= 15 is 0 Å². The van der Waals surface area contributed by atoms with Gasteiger partial charge in [0.15, 0.2) is 5.58 Å². The van der Waals surface area contributed by atoms with Crippen LogP contribution in [-0.4, -0.2) is 4.98 Å². The number of para-hydroxylation sites is 1. The number of anilines is 3. The van der Waals surface area contributed by atoms with Crippen LogP contribution in [0, 0.1) is 0 Å². The van der Waals surface area contributed by atoms with Crippen molar-refractivity contribution in [1.82, 2.24) is 4.98 Å².